The van der Waals surface area contributed by atoms with Crippen molar-refractivity contribution in [3.63, 3.8) is 0 Å². The van der Waals surface area contributed by atoms with Gasteiger partial charge in [0.2, 0.25) is 0 Å². The molecule has 90 valence electrons. The molecule has 0 heterocycles. The quantitative estimate of drug-likeness (QED) is 0.872. The van der Waals surface area contributed by atoms with Gasteiger partial charge in [-0.2, -0.15) is 0 Å². The largest absolute Gasteiger partial charge is 0.290 e. The average Bonchev–Trinajstić information content (AvgIpc) is 2.41. The Balaban J connectivity index is 2.47. The minimum absolute atomic E-state index is 0.482. The maximum absolute atomic E-state index is 10.8. The molecule has 0 fully saturated rings. The Kier molecular flexibility index (Phi) is 3.84. The molecule has 0 aliphatic carbocycles. The highest BCUT2D eigenvalue weighted by molar-refractivity contribution is 8.25. The lowest BCUT2D eigenvalue weighted by atomic mass is 10.4. The Morgan fingerprint density at radius 1 is 0.882 bits per heavy atom. The van der Waals surface area contributed by atoms with E-state index in [9.17, 15) is 4.55 Å². The molecule has 0 amide bonds. The van der Waals surface area contributed by atoms with E-state index < -0.39 is 10.6 Å². The third kappa shape index (κ3) is 2.52. The van der Waals surface area contributed by atoms with Crippen LogP contribution in [0.25, 0.3) is 0 Å². The topological polar surface area (TPSA) is 29.5 Å². The molecule has 0 radical (unpaired) electrons. The van der Waals surface area contributed by atoms with E-state index in [1.807, 2.05) is 67.6 Å². The summed E-state index contributed by atoms with van der Waals surface area (Å²) in [5.41, 5.74) is 0. The van der Waals surface area contributed by atoms with Crippen molar-refractivity contribution >= 4 is 10.6 Å². The molecular weight excluding hydrogens is 232 g/mol. The first kappa shape index (κ1) is 12.2. The Morgan fingerprint density at radius 3 is 1.65 bits per heavy atom. The molecule has 0 bridgehead atoms. The van der Waals surface area contributed by atoms with E-state index in [4.69, 9.17) is 4.18 Å². The van der Waals surface area contributed by atoms with E-state index >= 15 is 0 Å². The molecule has 2 aromatic rings. The van der Waals surface area contributed by atoms with Gasteiger partial charge in [-0.3, -0.25) is 8.74 Å². The highest BCUT2D eigenvalue weighted by Gasteiger charge is 2.21. The van der Waals surface area contributed by atoms with Gasteiger partial charge in [0.15, 0.2) is 0 Å². The predicted octanol–water partition coefficient (Wildman–Crippen LogP) is 4.33. The van der Waals surface area contributed by atoms with Crippen molar-refractivity contribution in [3.05, 3.63) is 60.7 Å². The zero-order chi connectivity index (χ0) is 12.1. The fourth-order valence-electron chi connectivity index (χ4n) is 1.65. The fraction of sp³-hybridized carbons (Fsp3) is 0.143. The maximum atomic E-state index is 10.8. The van der Waals surface area contributed by atoms with Crippen molar-refractivity contribution in [2.24, 2.45) is 0 Å². The highest BCUT2D eigenvalue weighted by atomic mass is 32.3. The Bertz CT molecular complexity index is 417. The summed E-state index contributed by atoms with van der Waals surface area (Å²) < 4.78 is 16.5. The summed E-state index contributed by atoms with van der Waals surface area (Å²) in [5.74, 6) is 0. The summed E-state index contributed by atoms with van der Waals surface area (Å²) in [6.45, 7) is 2.37. The molecule has 0 aromatic heterocycles. The van der Waals surface area contributed by atoms with E-state index in [1.165, 1.54) is 0 Å². The van der Waals surface area contributed by atoms with E-state index in [0.717, 1.165) is 9.79 Å². The average molecular weight is 248 g/mol. The van der Waals surface area contributed by atoms with E-state index in [-0.39, 0.29) is 0 Å². The van der Waals surface area contributed by atoms with Gasteiger partial charge < -0.3 is 0 Å². The smallest absolute Gasteiger partial charge is 0.0694 e. The second kappa shape index (κ2) is 5.36. The van der Waals surface area contributed by atoms with Gasteiger partial charge in [0.1, 0.15) is 0 Å². The van der Waals surface area contributed by atoms with Gasteiger partial charge in [-0.05, 0) is 31.2 Å². The van der Waals surface area contributed by atoms with Crippen molar-refractivity contribution < 1.29 is 8.74 Å². The van der Waals surface area contributed by atoms with E-state index in [1.54, 1.807) is 0 Å². The van der Waals surface area contributed by atoms with Crippen molar-refractivity contribution in [2.75, 3.05) is 6.61 Å². The summed E-state index contributed by atoms with van der Waals surface area (Å²) in [6, 6.07) is 19.1. The van der Waals surface area contributed by atoms with Crippen LogP contribution in [0.2, 0.25) is 0 Å². The van der Waals surface area contributed by atoms with Gasteiger partial charge in [0.05, 0.1) is 16.4 Å². The molecule has 3 heteroatoms. The number of benzene rings is 2. The minimum atomic E-state index is -2.35. The van der Waals surface area contributed by atoms with Gasteiger partial charge in [0, 0.05) is 0 Å². The fourth-order valence-corrected chi connectivity index (χ4v) is 3.59. The molecule has 0 atom stereocenters. The van der Waals surface area contributed by atoms with Crippen LogP contribution < -0.4 is 0 Å². The maximum Gasteiger partial charge on any atom is 0.0694 e. The molecule has 2 rings (SSSR count). The molecule has 17 heavy (non-hydrogen) atoms. The van der Waals surface area contributed by atoms with E-state index in [0.29, 0.717) is 6.61 Å². The monoisotopic (exact) mass is 248 g/mol. The summed E-state index contributed by atoms with van der Waals surface area (Å²) in [6.07, 6.45) is 0. The van der Waals surface area contributed by atoms with Crippen LogP contribution in [-0.2, 0) is 4.18 Å². The van der Waals surface area contributed by atoms with Gasteiger partial charge in [0.25, 0.3) is 0 Å². The molecule has 0 aliphatic heterocycles. The normalized spacial score (nSPS) is 12.4. The molecule has 0 unspecified atom stereocenters. The van der Waals surface area contributed by atoms with Gasteiger partial charge in [-0.15, -0.1) is 10.6 Å². The van der Waals surface area contributed by atoms with Crippen molar-refractivity contribution in [1.82, 2.24) is 0 Å². The van der Waals surface area contributed by atoms with Crippen molar-refractivity contribution in [2.45, 2.75) is 16.7 Å². The summed E-state index contributed by atoms with van der Waals surface area (Å²) in [5, 5.41) is 0. The first-order valence-corrected chi connectivity index (χ1v) is 7.09. The van der Waals surface area contributed by atoms with Crippen LogP contribution in [0.1, 0.15) is 6.92 Å². The molecule has 1 N–H and O–H groups in total. The second-order valence-corrected chi connectivity index (χ2v) is 5.79. The lowest BCUT2D eigenvalue weighted by Crippen LogP contribution is -2.05. The zero-order valence-corrected chi connectivity index (χ0v) is 10.6. The zero-order valence-electron chi connectivity index (χ0n) is 9.74. The number of hydrogen-bond donors (Lipinski definition) is 1. The molecule has 0 saturated heterocycles. The van der Waals surface area contributed by atoms with Crippen LogP contribution in [0.4, 0.5) is 0 Å². The Morgan fingerprint density at radius 2 is 1.29 bits per heavy atom. The first-order valence-electron chi connectivity index (χ1n) is 5.57. The second-order valence-electron chi connectivity index (χ2n) is 3.56. The molecular formula is C14H16O2S. The van der Waals surface area contributed by atoms with Crippen LogP contribution in [0.15, 0.2) is 70.5 Å². The molecule has 2 aromatic carbocycles. The summed E-state index contributed by atoms with van der Waals surface area (Å²) >= 11 is 0. The molecule has 0 spiro atoms. The first-order chi connectivity index (χ1) is 8.27. The van der Waals surface area contributed by atoms with Crippen molar-refractivity contribution in [3.8, 4) is 0 Å². The van der Waals surface area contributed by atoms with E-state index in [2.05, 4.69) is 0 Å². The van der Waals surface area contributed by atoms with Crippen LogP contribution >= 0.6 is 10.6 Å². The summed E-state index contributed by atoms with van der Waals surface area (Å²) in [7, 11) is -2.35. The highest BCUT2D eigenvalue weighted by Crippen LogP contribution is 2.59. The van der Waals surface area contributed by atoms with Crippen LogP contribution in [-0.4, -0.2) is 11.2 Å². The third-order valence-corrected chi connectivity index (χ3v) is 4.81. The Labute approximate surface area is 104 Å². The lowest BCUT2D eigenvalue weighted by Gasteiger charge is -2.38. The molecule has 2 nitrogen and oxygen atoms in total. The van der Waals surface area contributed by atoms with Crippen molar-refractivity contribution in [1.29, 1.82) is 0 Å². The summed E-state index contributed by atoms with van der Waals surface area (Å²) in [4.78, 5) is 1.65. The van der Waals surface area contributed by atoms with Crippen LogP contribution in [0.5, 0.6) is 0 Å². The third-order valence-electron chi connectivity index (χ3n) is 2.41. The predicted molar refractivity (Wildman–Crippen MR) is 71.3 cm³/mol. The lowest BCUT2D eigenvalue weighted by molar-refractivity contribution is 0.334. The number of hydrogen-bond acceptors (Lipinski definition) is 2. The SMILES string of the molecule is CCOS(O)(c1ccccc1)c1ccccc1. The van der Waals surface area contributed by atoms with Crippen LogP contribution in [0.3, 0.4) is 0 Å². The van der Waals surface area contributed by atoms with Gasteiger partial charge in [-0.1, -0.05) is 36.4 Å². The molecule has 0 aliphatic rings. The van der Waals surface area contributed by atoms with Gasteiger partial charge >= 0.3 is 0 Å². The number of rotatable bonds is 4. The minimum Gasteiger partial charge on any atom is -0.290 e. The Hall–Kier alpha value is -1.29. The van der Waals surface area contributed by atoms with Gasteiger partial charge in [-0.25, -0.2) is 0 Å². The van der Waals surface area contributed by atoms with Crippen LogP contribution in [0, 0.1) is 0 Å². The standard InChI is InChI=1S/C14H16O2S/c1-2-16-17(15,13-9-5-3-6-10-13)14-11-7-4-8-12-14/h3-12,15H,2H2,1H3. The molecule has 0 saturated carbocycles.